The van der Waals surface area contributed by atoms with Gasteiger partial charge >= 0.3 is 0 Å². The van der Waals surface area contributed by atoms with Gasteiger partial charge in [0.05, 0.1) is 24.3 Å². The Balaban J connectivity index is 1.86. The highest BCUT2D eigenvalue weighted by molar-refractivity contribution is 6.80. The molecule has 6 heteroatoms. The van der Waals surface area contributed by atoms with Crippen LogP contribution in [0.25, 0.3) is 0 Å². The minimum atomic E-state index is -1.91. The van der Waals surface area contributed by atoms with Crippen LogP contribution in [0.1, 0.15) is 32.6 Å². The summed E-state index contributed by atoms with van der Waals surface area (Å²) in [7, 11) is -3.02. The topological polar surface area (TPSA) is 36.3 Å². The molecule has 172 valence electrons. The van der Waals surface area contributed by atoms with E-state index in [4.69, 9.17) is 9.16 Å². The molecule has 0 radical (unpaired) electrons. The first-order valence-corrected chi connectivity index (χ1v) is 16.8. The maximum absolute atomic E-state index is 7.06. The molecule has 0 N–H and O–H groups in total. The van der Waals surface area contributed by atoms with E-state index >= 15 is 0 Å². The third kappa shape index (κ3) is 7.00. The van der Waals surface area contributed by atoms with Crippen LogP contribution in [0.5, 0.6) is 0 Å². The van der Waals surface area contributed by atoms with Crippen molar-refractivity contribution < 1.29 is 9.16 Å². The number of imidazole rings is 1. The van der Waals surface area contributed by atoms with Gasteiger partial charge in [-0.1, -0.05) is 101 Å². The fourth-order valence-corrected chi connectivity index (χ4v) is 7.08. The molecule has 0 fully saturated rings. The second-order valence-electron chi connectivity index (χ2n) is 10.7. The molecule has 0 aliphatic rings. The highest BCUT2D eigenvalue weighted by Crippen LogP contribution is 2.36. The maximum atomic E-state index is 7.06. The predicted octanol–water partition coefficient (Wildman–Crippen LogP) is 4.84. The van der Waals surface area contributed by atoms with E-state index in [9.17, 15) is 0 Å². The molecule has 0 spiro atoms. The smallest absolute Gasteiger partial charge is 0.240 e. The Morgan fingerprint density at radius 1 is 0.938 bits per heavy atom. The molecule has 1 aromatic heterocycles. The van der Waals surface area contributed by atoms with Gasteiger partial charge in [-0.05, 0) is 21.8 Å². The fraction of sp³-hybridized carbons (Fsp3) is 0.423. The van der Waals surface area contributed by atoms with Gasteiger partial charge in [0, 0.05) is 14.7 Å². The number of benzene rings is 2. The zero-order valence-corrected chi connectivity index (χ0v) is 22.6. The van der Waals surface area contributed by atoms with Gasteiger partial charge in [0.2, 0.25) is 9.04 Å². The molecule has 2 aromatic carbocycles. The van der Waals surface area contributed by atoms with E-state index in [1.807, 2.05) is 12.5 Å². The van der Waals surface area contributed by atoms with E-state index in [0.29, 0.717) is 6.73 Å². The molecule has 32 heavy (non-hydrogen) atoms. The molecular formula is C26H38N2O2Si2. The average molecular weight is 467 g/mol. The SMILES string of the molecule is CC(C)(C)C(O[SiH](c1ccccc1)c1ccccc1)c1cncn1COCC[Si](C)(C)C. The molecule has 0 saturated heterocycles. The number of aromatic nitrogens is 2. The summed E-state index contributed by atoms with van der Waals surface area (Å²) in [5.74, 6) is 0. The van der Waals surface area contributed by atoms with Crippen molar-refractivity contribution in [3.63, 3.8) is 0 Å². The average Bonchev–Trinajstić information content (AvgIpc) is 3.19. The van der Waals surface area contributed by atoms with Crippen molar-refractivity contribution in [2.45, 2.75) is 59.3 Å². The lowest BCUT2D eigenvalue weighted by molar-refractivity contribution is 0.0552. The van der Waals surface area contributed by atoms with Gasteiger partial charge in [-0.15, -0.1) is 0 Å². The van der Waals surface area contributed by atoms with Crippen LogP contribution in [0, 0.1) is 5.41 Å². The van der Waals surface area contributed by atoms with Gasteiger partial charge < -0.3 is 13.7 Å². The molecular weight excluding hydrogens is 428 g/mol. The normalized spacial score (nSPS) is 13.5. The van der Waals surface area contributed by atoms with Crippen LogP contribution < -0.4 is 10.4 Å². The summed E-state index contributed by atoms with van der Waals surface area (Å²) in [5.41, 5.74) is 0.986. The van der Waals surface area contributed by atoms with Gasteiger partial charge in [0.15, 0.2) is 0 Å². The van der Waals surface area contributed by atoms with E-state index in [-0.39, 0.29) is 11.5 Å². The van der Waals surface area contributed by atoms with Crippen molar-refractivity contribution in [1.29, 1.82) is 0 Å². The minimum Gasteiger partial charge on any atom is -0.402 e. The molecule has 0 saturated carbocycles. The summed E-state index contributed by atoms with van der Waals surface area (Å²) in [6, 6.07) is 22.5. The van der Waals surface area contributed by atoms with Crippen molar-refractivity contribution in [2.24, 2.45) is 5.41 Å². The Kier molecular flexibility index (Phi) is 8.28. The third-order valence-electron chi connectivity index (χ3n) is 5.50. The third-order valence-corrected chi connectivity index (χ3v) is 9.73. The zero-order chi connectivity index (χ0) is 23.2. The molecule has 0 aliphatic heterocycles. The lowest BCUT2D eigenvalue weighted by Crippen LogP contribution is -2.47. The maximum Gasteiger partial charge on any atom is 0.240 e. The number of rotatable bonds is 10. The van der Waals surface area contributed by atoms with Gasteiger partial charge in [-0.2, -0.15) is 0 Å². The first kappa shape index (κ1) is 24.6. The Morgan fingerprint density at radius 2 is 1.50 bits per heavy atom. The Hall–Kier alpha value is -2.00. The van der Waals surface area contributed by atoms with E-state index in [2.05, 4.69) is 111 Å². The quantitative estimate of drug-likeness (QED) is 0.317. The molecule has 3 rings (SSSR count). The van der Waals surface area contributed by atoms with Crippen LogP contribution in [0.4, 0.5) is 0 Å². The van der Waals surface area contributed by atoms with Crippen LogP contribution in [0.15, 0.2) is 73.2 Å². The summed E-state index contributed by atoms with van der Waals surface area (Å²) >= 11 is 0. The van der Waals surface area contributed by atoms with E-state index in [0.717, 1.165) is 18.3 Å². The zero-order valence-electron chi connectivity index (χ0n) is 20.4. The lowest BCUT2D eigenvalue weighted by Gasteiger charge is -2.35. The highest BCUT2D eigenvalue weighted by Gasteiger charge is 2.34. The van der Waals surface area contributed by atoms with Crippen molar-refractivity contribution in [1.82, 2.24) is 9.55 Å². The van der Waals surface area contributed by atoms with Gasteiger partial charge in [0.25, 0.3) is 0 Å². The summed E-state index contributed by atoms with van der Waals surface area (Å²) in [4.78, 5) is 4.46. The highest BCUT2D eigenvalue weighted by atomic mass is 28.3. The lowest BCUT2D eigenvalue weighted by atomic mass is 9.87. The number of hydrogen-bond donors (Lipinski definition) is 0. The molecule has 4 nitrogen and oxygen atoms in total. The molecule has 0 aliphatic carbocycles. The van der Waals surface area contributed by atoms with Crippen LogP contribution in [0.3, 0.4) is 0 Å². The van der Waals surface area contributed by atoms with Crippen molar-refractivity contribution in [3.8, 4) is 0 Å². The summed E-state index contributed by atoms with van der Waals surface area (Å²) < 4.78 is 15.2. The predicted molar refractivity (Wildman–Crippen MR) is 139 cm³/mol. The number of hydrogen-bond acceptors (Lipinski definition) is 3. The Bertz CT molecular complexity index is 908. The first-order chi connectivity index (χ1) is 15.1. The van der Waals surface area contributed by atoms with E-state index in [1.54, 1.807) is 0 Å². The van der Waals surface area contributed by atoms with Crippen molar-refractivity contribution in [3.05, 3.63) is 78.9 Å². The fourth-order valence-electron chi connectivity index (χ4n) is 3.66. The molecule has 0 bridgehead atoms. The number of ether oxygens (including phenoxy) is 1. The minimum absolute atomic E-state index is 0.0923. The van der Waals surface area contributed by atoms with E-state index < -0.39 is 17.1 Å². The van der Waals surface area contributed by atoms with Crippen molar-refractivity contribution >= 4 is 27.5 Å². The largest absolute Gasteiger partial charge is 0.402 e. The van der Waals surface area contributed by atoms with Gasteiger partial charge in [-0.3, -0.25) is 0 Å². The molecule has 0 amide bonds. The van der Waals surface area contributed by atoms with Crippen molar-refractivity contribution in [2.75, 3.05) is 6.61 Å². The molecule has 1 heterocycles. The molecule has 1 unspecified atom stereocenters. The summed E-state index contributed by atoms with van der Waals surface area (Å²) in [6.45, 7) is 15.1. The Labute approximate surface area is 196 Å². The van der Waals surface area contributed by atoms with Gasteiger partial charge in [0.1, 0.15) is 6.73 Å². The van der Waals surface area contributed by atoms with E-state index in [1.165, 1.54) is 10.4 Å². The Morgan fingerprint density at radius 3 is 2.00 bits per heavy atom. The van der Waals surface area contributed by atoms with Crippen LogP contribution in [-0.4, -0.2) is 33.3 Å². The monoisotopic (exact) mass is 466 g/mol. The summed E-state index contributed by atoms with van der Waals surface area (Å²) in [5, 5.41) is 2.57. The first-order valence-electron chi connectivity index (χ1n) is 11.5. The van der Waals surface area contributed by atoms with Crippen LogP contribution in [-0.2, 0) is 15.9 Å². The molecule has 1 atom stereocenters. The second-order valence-corrected chi connectivity index (χ2v) is 18.7. The van der Waals surface area contributed by atoms with Crippen LogP contribution >= 0.6 is 0 Å². The standard InChI is InChI=1S/C26H38N2O2Si2/c1-26(2,3)25(24-19-27-20-28(24)21-29-17-18-32(4,5)6)30-31(22-13-9-7-10-14-22)23-15-11-8-12-16-23/h7-16,19-20,25,31H,17-18,21H2,1-6H3. The molecule has 3 aromatic rings. The summed E-state index contributed by atoms with van der Waals surface area (Å²) in [6.07, 6.45) is 3.72. The number of nitrogens with zero attached hydrogens (tertiary/aromatic N) is 2. The van der Waals surface area contributed by atoms with Gasteiger partial charge in [-0.25, -0.2) is 4.98 Å². The van der Waals surface area contributed by atoms with Crippen LogP contribution in [0.2, 0.25) is 25.7 Å². The second kappa shape index (κ2) is 10.7.